The average Bonchev–Trinajstić information content (AvgIpc) is 2.17. The van der Waals surface area contributed by atoms with Crippen LogP contribution in [0.1, 0.15) is 0 Å². The van der Waals surface area contributed by atoms with Gasteiger partial charge in [-0.25, -0.2) is 4.79 Å². The van der Waals surface area contributed by atoms with Crippen molar-refractivity contribution in [2.45, 2.75) is 12.1 Å². The first-order chi connectivity index (χ1) is 7.02. The first-order valence-corrected chi connectivity index (χ1v) is 4.29. The van der Waals surface area contributed by atoms with Crippen molar-refractivity contribution in [1.82, 2.24) is 5.32 Å². The molecule has 0 bridgehead atoms. The second kappa shape index (κ2) is 7.16. The second-order valence-corrected chi connectivity index (χ2v) is 2.92. The van der Waals surface area contributed by atoms with Crippen LogP contribution < -0.4 is 11.1 Å². The Labute approximate surface area is 87.5 Å². The highest BCUT2D eigenvalue weighted by Crippen LogP contribution is 1.88. The highest BCUT2D eigenvalue weighted by atomic mass is 16.5. The molecule has 0 fully saturated rings. The summed E-state index contributed by atoms with van der Waals surface area (Å²) in [6, 6.07) is -1.97. The van der Waals surface area contributed by atoms with Crippen molar-refractivity contribution in [1.29, 1.82) is 0 Å². The fraction of sp³-hybridized carbons (Fsp3) is 0.750. The van der Waals surface area contributed by atoms with Crippen LogP contribution in [-0.2, 0) is 19.1 Å². The lowest BCUT2D eigenvalue weighted by atomic mass is 10.2. The van der Waals surface area contributed by atoms with Crippen LogP contribution in [-0.4, -0.2) is 56.5 Å². The highest BCUT2D eigenvalue weighted by molar-refractivity contribution is 5.86. The molecule has 0 aliphatic carbocycles. The van der Waals surface area contributed by atoms with Crippen LogP contribution in [0.25, 0.3) is 0 Å². The third kappa shape index (κ3) is 5.31. The number of ether oxygens (including phenoxy) is 2. The van der Waals surface area contributed by atoms with E-state index < -0.39 is 24.0 Å². The van der Waals surface area contributed by atoms with Gasteiger partial charge in [-0.05, 0) is 0 Å². The molecule has 7 heteroatoms. The highest BCUT2D eigenvalue weighted by Gasteiger charge is 2.22. The summed E-state index contributed by atoms with van der Waals surface area (Å²) in [7, 11) is 2.74. The van der Waals surface area contributed by atoms with Gasteiger partial charge in [0.2, 0.25) is 5.91 Å². The minimum Gasteiger partial charge on any atom is -0.480 e. The van der Waals surface area contributed by atoms with Crippen molar-refractivity contribution in [3.63, 3.8) is 0 Å². The summed E-state index contributed by atoms with van der Waals surface area (Å²) in [4.78, 5) is 21.9. The third-order valence-electron chi connectivity index (χ3n) is 1.63. The smallest absolute Gasteiger partial charge is 0.328 e. The number of carboxylic acids is 1. The number of carboxylic acid groups (broad SMARTS) is 1. The molecule has 0 radical (unpaired) electrons. The van der Waals surface area contributed by atoms with Gasteiger partial charge >= 0.3 is 5.97 Å². The van der Waals surface area contributed by atoms with E-state index in [1.165, 1.54) is 14.2 Å². The summed E-state index contributed by atoms with van der Waals surface area (Å²) in [5.41, 5.74) is 5.40. The number of carbonyl (C=O) groups is 2. The minimum atomic E-state index is -1.17. The maximum absolute atomic E-state index is 11.3. The molecule has 1 amide bonds. The molecule has 0 aromatic carbocycles. The Kier molecular flexibility index (Phi) is 6.59. The molecule has 15 heavy (non-hydrogen) atoms. The molecular formula is C8H16N2O5. The first-order valence-electron chi connectivity index (χ1n) is 4.29. The number of hydrogen-bond donors (Lipinski definition) is 3. The van der Waals surface area contributed by atoms with Crippen molar-refractivity contribution in [3.8, 4) is 0 Å². The Morgan fingerprint density at radius 1 is 1.33 bits per heavy atom. The molecule has 0 heterocycles. The van der Waals surface area contributed by atoms with Gasteiger partial charge in [0.25, 0.3) is 0 Å². The van der Waals surface area contributed by atoms with E-state index in [1.54, 1.807) is 0 Å². The Morgan fingerprint density at radius 3 is 2.27 bits per heavy atom. The Bertz CT molecular complexity index is 221. The number of hydrogen-bond acceptors (Lipinski definition) is 5. The van der Waals surface area contributed by atoms with Gasteiger partial charge < -0.3 is 25.6 Å². The van der Waals surface area contributed by atoms with E-state index in [4.69, 9.17) is 10.8 Å². The molecule has 2 atom stereocenters. The summed E-state index contributed by atoms with van der Waals surface area (Å²) in [6.45, 7) is -0.0775. The van der Waals surface area contributed by atoms with Crippen molar-refractivity contribution in [2.24, 2.45) is 5.73 Å². The fourth-order valence-electron chi connectivity index (χ4n) is 0.875. The normalized spacial score (nSPS) is 14.3. The van der Waals surface area contributed by atoms with E-state index in [1.807, 2.05) is 0 Å². The Hall–Kier alpha value is -1.18. The lowest BCUT2D eigenvalue weighted by Gasteiger charge is -2.16. The van der Waals surface area contributed by atoms with Crippen LogP contribution >= 0.6 is 0 Å². The molecule has 0 aliphatic heterocycles. The summed E-state index contributed by atoms with van der Waals surface area (Å²) in [5, 5.41) is 10.9. The van der Waals surface area contributed by atoms with Gasteiger partial charge in [0.05, 0.1) is 13.2 Å². The maximum Gasteiger partial charge on any atom is 0.328 e. The second-order valence-electron chi connectivity index (χ2n) is 2.92. The predicted octanol–water partition coefficient (Wildman–Crippen LogP) is -1.82. The molecule has 0 aromatic heterocycles. The van der Waals surface area contributed by atoms with E-state index in [0.29, 0.717) is 0 Å². The fourth-order valence-corrected chi connectivity index (χ4v) is 0.875. The Morgan fingerprint density at radius 2 is 1.87 bits per heavy atom. The molecule has 1 unspecified atom stereocenters. The number of aliphatic carboxylic acids is 1. The maximum atomic E-state index is 11.3. The number of nitrogens with one attached hydrogen (secondary N) is 1. The molecule has 0 spiro atoms. The molecule has 0 aliphatic rings. The first kappa shape index (κ1) is 13.8. The van der Waals surface area contributed by atoms with Crippen molar-refractivity contribution >= 4 is 11.9 Å². The lowest BCUT2D eigenvalue weighted by Crippen LogP contribution is -2.51. The van der Waals surface area contributed by atoms with E-state index >= 15 is 0 Å². The SMILES string of the molecule is COCC(NC(=O)[C@@H](N)COC)C(=O)O. The van der Waals surface area contributed by atoms with Gasteiger partial charge in [0.15, 0.2) is 6.04 Å². The molecule has 0 rings (SSSR count). The zero-order valence-corrected chi connectivity index (χ0v) is 8.73. The number of carbonyl (C=O) groups excluding carboxylic acids is 1. The lowest BCUT2D eigenvalue weighted by molar-refractivity contribution is -0.143. The number of amides is 1. The third-order valence-corrected chi connectivity index (χ3v) is 1.63. The van der Waals surface area contributed by atoms with Crippen LogP contribution in [0.3, 0.4) is 0 Å². The van der Waals surface area contributed by atoms with E-state index in [2.05, 4.69) is 14.8 Å². The zero-order chi connectivity index (χ0) is 11.8. The van der Waals surface area contributed by atoms with Crippen molar-refractivity contribution < 1.29 is 24.2 Å². The Balaban J connectivity index is 4.15. The largest absolute Gasteiger partial charge is 0.480 e. The quantitative estimate of drug-likeness (QED) is 0.465. The van der Waals surface area contributed by atoms with Gasteiger partial charge in [-0.2, -0.15) is 0 Å². The van der Waals surface area contributed by atoms with Gasteiger partial charge in [-0.1, -0.05) is 0 Å². The summed E-state index contributed by atoms with van der Waals surface area (Å²) in [6.07, 6.45) is 0. The van der Waals surface area contributed by atoms with Crippen LogP contribution in [0.15, 0.2) is 0 Å². The van der Waals surface area contributed by atoms with Crippen molar-refractivity contribution in [3.05, 3.63) is 0 Å². The molecule has 7 nitrogen and oxygen atoms in total. The summed E-state index contributed by atoms with van der Waals surface area (Å²) >= 11 is 0. The average molecular weight is 220 g/mol. The zero-order valence-electron chi connectivity index (χ0n) is 8.73. The van der Waals surface area contributed by atoms with E-state index in [0.717, 1.165) is 0 Å². The number of rotatable bonds is 7. The standard InChI is InChI=1S/C8H16N2O5/c1-14-3-5(9)7(11)10-6(4-15-2)8(12)13/h5-6H,3-4,9H2,1-2H3,(H,10,11)(H,12,13)/t5-,6?/m0/s1. The molecule has 88 valence electrons. The van der Waals surface area contributed by atoms with Crippen LogP contribution in [0.4, 0.5) is 0 Å². The molecule has 0 saturated heterocycles. The van der Waals surface area contributed by atoms with Gasteiger partial charge in [-0.3, -0.25) is 4.79 Å². The minimum absolute atomic E-state index is 0.0329. The monoisotopic (exact) mass is 220 g/mol. The van der Waals surface area contributed by atoms with E-state index in [-0.39, 0.29) is 13.2 Å². The van der Waals surface area contributed by atoms with E-state index in [9.17, 15) is 9.59 Å². The van der Waals surface area contributed by atoms with Gasteiger partial charge in [0.1, 0.15) is 6.04 Å². The molecular weight excluding hydrogens is 204 g/mol. The number of nitrogens with two attached hydrogens (primary N) is 1. The molecule has 0 saturated carbocycles. The van der Waals surface area contributed by atoms with Crippen molar-refractivity contribution in [2.75, 3.05) is 27.4 Å². The number of methoxy groups -OCH3 is 2. The van der Waals surface area contributed by atoms with Crippen LogP contribution in [0.5, 0.6) is 0 Å². The van der Waals surface area contributed by atoms with Crippen LogP contribution in [0.2, 0.25) is 0 Å². The predicted molar refractivity (Wildman–Crippen MR) is 51.3 cm³/mol. The van der Waals surface area contributed by atoms with Gasteiger partial charge in [-0.15, -0.1) is 0 Å². The summed E-state index contributed by atoms with van der Waals surface area (Å²) in [5.74, 6) is -1.75. The molecule has 4 N–H and O–H groups in total. The van der Waals surface area contributed by atoms with Gasteiger partial charge in [0, 0.05) is 14.2 Å². The van der Waals surface area contributed by atoms with Crippen LogP contribution in [0, 0.1) is 0 Å². The summed E-state index contributed by atoms with van der Waals surface area (Å²) < 4.78 is 9.30. The topological polar surface area (TPSA) is 111 Å². The molecule has 0 aromatic rings.